The third kappa shape index (κ3) is 2.12. The van der Waals surface area contributed by atoms with Crippen molar-refractivity contribution < 1.29 is 19.8 Å². The zero-order valence-corrected chi connectivity index (χ0v) is 10.9. The first-order chi connectivity index (χ1) is 9.56. The summed E-state index contributed by atoms with van der Waals surface area (Å²) in [4.78, 5) is 24.8. The molecule has 1 saturated heterocycles. The number of hydrogen-bond acceptors (Lipinski definition) is 4. The van der Waals surface area contributed by atoms with Crippen LogP contribution in [0.15, 0.2) is 18.2 Å². The Balaban J connectivity index is 1.86. The number of aliphatic hydroxyl groups is 1. The number of nitrogens with one attached hydrogen (secondary N) is 1. The number of nitrogens with zero attached hydrogens (tertiary/aromatic N) is 1. The highest BCUT2D eigenvalue weighted by molar-refractivity contribution is 5.98. The number of carboxylic acids is 1. The van der Waals surface area contributed by atoms with E-state index in [9.17, 15) is 14.7 Å². The molecule has 0 radical (unpaired) electrons. The molecule has 2 heterocycles. The van der Waals surface area contributed by atoms with Gasteiger partial charge in [0, 0.05) is 30.8 Å². The van der Waals surface area contributed by atoms with Crippen LogP contribution in [-0.2, 0) is 11.2 Å². The molecule has 0 unspecified atom stereocenters. The molecule has 6 heteroatoms. The van der Waals surface area contributed by atoms with E-state index in [1.165, 1.54) is 4.90 Å². The Bertz CT molecular complexity index is 572. The average Bonchev–Trinajstić information content (AvgIpc) is 3.02. The molecule has 2 aliphatic heterocycles. The first kappa shape index (κ1) is 12.9. The molecule has 0 aliphatic carbocycles. The number of hydrogen-bond donors (Lipinski definition) is 3. The molecule has 1 aromatic rings. The average molecular weight is 276 g/mol. The third-order valence-electron chi connectivity index (χ3n) is 3.89. The van der Waals surface area contributed by atoms with Crippen LogP contribution in [0, 0.1) is 0 Å². The quantitative estimate of drug-likeness (QED) is 0.723. The van der Waals surface area contributed by atoms with Gasteiger partial charge in [-0.2, -0.15) is 0 Å². The van der Waals surface area contributed by atoms with E-state index < -0.39 is 18.1 Å². The highest BCUT2D eigenvalue weighted by Gasteiger charge is 2.39. The molecule has 6 nitrogen and oxygen atoms in total. The minimum absolute atomic E-state index is 0.0698. The fourth-order valence-corrected chi connectivity index (χ4v) is 2.86. The summed E-state index contributed by atoms with van der Waals surface area (Å²) in [5, 5.41) is 21.9. The first-order valence-electron chi connectivity index (χ1n) is 6.65. The number of carboxylic acid groups (broad SMARTS) is 1. The zero-order valence-electron chi connectivity index (χ0n) is 10.9. The maximum Gasteiger partial charge on any atom is 0.326 e. The number of rotatable bonds is 2. The normalized spacial score (nSPS) is 24.4. The van der Waals surface area contributed by atoms with E-state index in [-0.39, 0.29) is 18.9 Å². The monoisotopic (exact) mass is 276 g/mol. The number of aliphatic hydroxyl groups excluding tert-OH is 1. The molecule has 2 atom stereocenters. The van der Waals surface area contributed by atoms with E-state index in [0.717, 1.165) is 24.2 Å². The predicted octanol–water partition coefficient (Wildman–Crippen LogP) is 0.315. The van der Waals surface area contributed by atoms with Gasteiger partial charge in [0.1, 0.15) is 6.04 Å². The Labute approximate surface area is 116 Å². The summed E-state index contributed by atoms with van der Waals surface area (Å²) in [7, 11) is 0. The standard InChI is InChI=1S/C14H16N2O4/c17-10-6-12(14(19)20)16(7-10)13(18)9-2-1-8-3-4-15-11(8)5-9/h1-2,5,10,12,15,17H,3-4,6-7H2,(H,19,20)/t10-,12-/m0/s1. The Kier molecular flexibility index (Phi) is 3.10. The molecule has 0 aromatic heterocycles. The topological polar surface area (TPSA) is 89.9 Å². The summed E-state index contributed by atoms with van der Waals surface area (Å²) in [5.74, 6) is -1.42. The fraction of sp³-hybridized carbons (Fsp3) is 0.429. The van der Waals surface area contributed by atoms with Gasteiger partial charge >= 0.3 is 5.97 Å². The number of fused-ring (bicyclic) bond motifs is 1. The number of β-amino-alcohol motifs (C(OH)–C–C–N with tert-alkyl or cyclic N) is 1. The van der Waals surface area contributed by atoms with Gasteiger partial charge in [0.2, 0.25) is 0 Å². The van der Waals surface area contributed by atoms with E-state index in [2.05, 4.69) is 5.32 Å². The van der Waals surface area contributed by atoms with E-state index in [1.807, 2.05) is 6.07 Å². The first-order valence-corrected chi connectivity index (χ1v) is 6.65. The molecule has 20 heavy (non-hydrogen) atoms. The summed E-state index contributed by atoms with van der Waals surface area (Å²) >= 11 is 0. The van der Waals surface area contributed by atoms with Crippen molar-refractivity contribution >= 4 is 17.6 Å². The van der Waals surface area contributed by atoms with Crippen LogP contribution in [0.3, 0.4) is 0 Å². The number of anilines is 1. The van der Waals surface area contributed by atoms with Crippen LogP contribution in [0.1, 0.15) is 22.3 Å². The van der Waals surface area contributed by atoms with Crippen molar-refractivity contribution in [1.82, 2.24) is 4.90 Å². The predicted molar refractivity (Wildman–Crippen MR) is 71.7 cm³/mol. The van der Waals surface area contributed by atoms with Crippen molar-refractivity contribution in [2.24, 2.45) is 0 Å². The van der Waals surface area contributed by atoms with Crippen LogP contribution in [-0.4, -0.2) is 52.2 Å². The largest absolute Gasteiger partial charge is 0.480 e. The lowest BCUT2D eigenvalue weighted by atomic mass is 10.1. The maximum absolute atomic E-state index is 12.4. The zero-order chi connectivity index (χ0) is 14.3. The number of carbonyl (C=O) groups is 2. The molecule has 1 aromatic carbocycles. The van der Waals surface area contributed by atoms with Gasteiger partial charge in [0.15, 0.2) is 0 Å². The smallest absolute Gasteiger partial charge is 0.326 e. The van der Waals surface area contributed by atoms with Crippen LogP contribution in [0.2, 0.25) is 0 Å². The van der Waals surface area contributed by atoms with E-state index in [0.29, 0.717) is 5.56 Å². The molecular formula is C14H16N2O4. The molecular weight excluding hydrogens is 260 g/mol. The van der Waals surface area contributed by atoms with Crippen molar-refractivity contribution in [1.29, 1.82) is 0 Å². The molecule has 0 saturated carbocycles. The highest BCUT2D eigenvalue weighted by Crippen LogP contribution is 2.26. The maximum atomic E-state index is 12.4. The van der Waals surface area contributed by atoms with Crippen LogP contribution < -0.4 is 5.32 Å². The molecule has 0 spiro atoms. The highest BCUT2D eigenvalue weighted by atomic mass is 16.4. The summed E-state index contributed by atoms with van der Waals surface area (Å²) in [6.45, 7) is 0.924. The Morgan fingerprint density at radius 2 is 2.15 bits per heavy atom. The molecule has 2 aliphatic rings. The van der Waals surface area contributed by atoms with Gasteiger partial charge in [-0.3, -0.25) is 4.79 Å². The molecule has 1 amide bonds. The van der Waals surface area contributed by atoms with Crippen molar-refractivity contribution in [3.63, 3.8) is 0 Å². The van der Waals surface area contributed by atoms with Crippen molar-refractivity contribution in [2.45, 2.75) is 25.0 Å². The lowest BCUT2D eigenvalue weighted by Crippen LogP contribution is -2.40. The number of amides is 1. The van der Waals surface area contributed by atoms with E-state index >= 15 is 0 Å². The van der Waals surface area contributed by atoms with Gasteiger partial charge in [-0.25, -0.2) is 4.79 Å². The Morgan fingerprint density at radius 1 is 1.35 bits per heavy atom. The third-order valence-corrected chi connectivity index (χ3v) is 3.89. The SMILES string of the molecule is O=C(O)[C@@H]1C[C@H](O)CN1C(=O)c1ccc2c(c1)NCC2. The second-order valence-electron chi connectivity index (χ2n) is 5.25. The van der Waals surface area contributed by atoms with E-state index in [4.69, 9.17) is 5.11 Å². The minimum atomic E-state index is -1.07. The van der Waals surface area contributed by atoms with Gasteiger partial charge in [-0.15, -0.1) is 0 Å². The number of carbonyl (C=O) groups excluding carboxylic acids is 1. The van der Waals surface area contributed by atoms with Gasteiger partial charge in [0.25, 0.3) is 5.91 Å². The van der Waals surface area contributed by atoms with E-state index in [1.54, 1.807) is 12.1 Å². The van der Waals surface area contributed by atoms with Gasteiger partial charge < -0.3 is 20.4 Å². The summed E-state index contributed by atoms with van der Waals surface area (Å²) in [6, 6.07) is 4.43. The van der Waals surface area contributed by atoms with Gasteiger partial charge in [-0.05, 0) is 24.1 Å². The van der Waals surface area contributed by atoms with Crippen LogP contribution >= 0.6 is 0 Å². The number of aliphatic carboxylic acids is 1. The molecule has 0 bridgehead atoms. The van der Waals surface area contributed by atoms with Crippen molar-refractivity contribution in [2.75, 3.05) is 18.4 Å². The second-order valence-corrected chi connectivity index (χ2v) is 5.25. The summed E-state index contributed by atoms with van der Waals surface area (Å²) < 4.78 is 0. The minimum Gasteiger partial charge on any atom is -0.480 e. The lowest BCUT2D eigenvalue weighted by molar-refractivity contribution is -0.141. The van der Waals surface area contributed by atoms with Crippen LogP contribution in [0.5, 0.6) is 0 Å². The second kappa shape index (κ2) is 4.79. The van der Waals surface area contributed by atoms with Crippen LogP contribution in [0.4, 0.5) is 5.69 Å². The van der Waals surface area contributed by atoms with Crippen molar-refractivity contribution in [3.05, 3.63) is 29.3 Å². The Hall–Kier alpha value is -2.08. The number of benzene rings is 1. The van der Waals surface area contributed by atoms with Gasteiger partial charge in [-0.1, -0.05) is 6.07 Å². The summed E-state index contributed by atoms with van der Waals surface area (Å²) in [6.07, 6.45) is 0.251. The molecule has 1 fully saturated rings. The summed E-state index contributed by atoms with van der Waals surface area (Å²) in [5.41, 5.74) is 2.55. The lowest BCUT2D eigenvalue weighted by Gasteiger charge is -2.21. The fourth-order valence-electron chi connectivity index (χ4n) is 2.86. The van der Waals surface area contributed by atoms with Crippen molar-refractivity contribution in [3.8, 4) is 0 Å². The molecule has 3 rings (SSSR count). The Morgan fingerprint density at radius 3 is 2.90 bits per heavy atom. The van der Waals surface area contributed by atoms with Gasteiger partial charge in [0.05, 0.1) is 6.10 Å². The van der Waals surface area contributed by atoms with Crippen LogP contribution in [0.25, 0.3) is 0 Å². The number of likely N-dealkylation sites (tertiary alicyclic amines) is 1. The molecule has 106 valence electrons. The molecule has 3 N–H and O–H groups in total.